The maximum atomic E-state index is 12.8. The Morgan fingerprint density at radius 2 is 1.73 bits per heavy atom. The quantitative estimate of drug-likeness (QED) is 0.847. The van der Waals surface area contributed by atoms with Crippen molar-refractivity contribution < 1.29 is 13.2 Å². The van der Waals surface area contributed by atoms with Crippen LogP contribution in [0.1, 0.15) is 10.6 Å². The monoisotopic (exact) mass is 328 g/mol. The van der Waals surface area contributed by atoms with Crippen molar-refractivity contribution in [2.24, 2.45) is 0 Å². The van der Waals surface area contributed by atoms with Crippen molar-refractivity contribution in [2.75, 3.05) is 36.0 Å². The third kappa shape index (κ3) is 3.16. The average Bonchev–Trinajstić information content (AvgIpc) is 2.93. The lowest BCUT2D eigenvalue weighted by Gasteiger charge is -2.36. The highest BCUT2D eigenvalue weighted by Gasteiger charge is 2.31. The molecule has 0 amide bonds. The Bertz CT molecular complexity index is 648. The van der Waals surface area contributed by atoms with Crippen LogP contribution in [0, 0.1) is 6.92 Å². The lowest BCUT2D eigenvalue weighted by molar-refractivity contribution is -0.137. The van der Waals surface area contributed by atoms with Crippen LogP contribution in [0.4, 0.5) is 24.0 Å². The van der Waals surface area contributed by atoms with Crippen LogP contribution < -0.4 is 9.80 Å². The second-order valence-corrected chi connectivity index (χ2v) is 6.29. The zero-order valence-electron chi connectivity index (χ0n) is 12.0. The van der Waals surface area contributed by atoms with E-state index in [9.17, 15) is 13.2 Å². The van der Waals surface area contributed by atoms with Gasteiger partial charge in [-0.15, -0.1) is 10.2 Å². The highest BCUT2D eigenvalue weighted by molar-refractivity contribution is 7.15. The van der Waals surface area contributed by atoms with Crippen molar-refractivity contribution in [3.05, 3.63) is 34.8 Å². The Hall–Kier alpha value is -1.83. The minimum Gasteiger partial charge on any atom is -0.368 e. The zero-order chi connectivity index (χ0) is 15.7. The van der Waals surface area contributed by atoms with Gasteiger partial charge in [0.05, 0.1) is 5.56 Å². The minimum absolute atomic E-state index is 0.604. The highest BCUT2D eigenvalue weighted by Crippen LogP contribution is 2.32. The largest absolute Gasteiger partial charge is 0.416 e. The Morgan fingerprint density at radius 3 is 2.32 bits per heavy atom. The molecular formula is C14H15F3N4S. The molecule has 1 saturated heterocycles. The van der Waals surface area contributed by atoms with Crippen LogP contribution in [0.5, 0.6) is 0 Å². The molecule has 1 aliphatic rings. The van der Waals surface area contributed by atoms with E-state index >= 15 is 0 Å². The summed E-state index contributed by atoms with van der Waals surface area (Å²) in [6.45, 7) is 4.69. The van der Waals surface area contributed by atoms with E-state index in [4.69, 9.17) is 0 Å². The molecule has 0 radical (unpaired) electrons. The fraction of sp³-hybridized carbons (Fsp3) is 0.429. The van der Waals surface area contributed by atoms with E-state index in [1.54, 1.807) is 6.07 Å². The summed E-state index contributed by atoms with van der Waals surface area (Å²) in [7, 11) is 0. The first-order valence-corrected chi connectivity index (χ1v) is 7.72. The summed E-state index contributed by atoms with van der Waals surface area (Å²) in [5.74, 6) is 0. The Morgan fingerprint density at radius 1 is 1.05 bits per heavy atom. The number of anilines is 2. The standard InChI is InChI=1S/C14H15F3N4S/c1-10-18-19-13(22-10)21-7-5-20(6-8-21)12-4-2-3-11(9-12)14(15,16)17/h2-4,9H,5-8H2,1H3. The molecule has 8 heteroatoms. The summed E-state index contributed by atoms with van der Waals surface area (Å²) in [5.41, 5.74) is 0.00935. The molecule has 4 nitrogen and oxygen atoms in total. The molecule has 22 heavy (non-hydrogen) atoms. The molecule has 3 rings (SSSR count). The number of halogens is 3. The molecule has 118 valence electrons. The highest BCUT2D eigenvalue weighted by atomic mass is 32.1. The van der Waals surface area contributed by atoms with Crippen LogP contribution in [-0.4, -0.2) is 36.4 Å². The molecule has 2 heterocycles. The Kier molecular flexibility index (Phi) is 3.94. The van der Waals surface area contributed by atoms with Gasteiger partial charge < -0.3 is 9.80 Å². The number of hydrogen-bond donors (Lipinski definition) is 0. The SMILES string of the molecule is Cc1nnc(N2CCN(c3cccc(C(F)(F)F)c3)CC2)s1. The number of rotatable bonds is 2. The maximum Gasteiger partial charge on any atom is 0.416 e. The number of aromatic nitrogens is 2. The normalized spacial score (nSPS) is 16.2. The topological polar surface area (TPSA) is 32.3 Å². The van der Waals surface area contributed by atoms with Gasteiger partial charge in [0.2, 0.25) is 5.13 Å². The number of hydrogen-bond acceptors (Lipinski definition) is 5. The fourth-order valence-corrected chi connectivity index (χ4v) is 3.19. The molecule has 0 unspecified atom stereocenters. The van der Waals surface area contributed by atoms with Crippen molar-refractivity contribution in [3.8, 4) is 0 Å². The molecule has 0 N–H and O–H groups in total. The minimum atomic E-state index is -4.30. The molecule has 1 aliphatic heterocycles. The van der Waals surface area contributed by atoms with Gasteiger partial charge >= 0.3 is 6.18 Å². The smallest absolute Gasteiger partial charge is 0.368 e. The molecule has 1 fully saturated rings. The van der Waals surface area contributed by atoms with Gasteiger partial charge in [0.25, 0.3) is 0 Å². The van der Waals surface area contributed by atoms with Crippen molar-refractivity contribution in [2.45, 2.75) is 13.1 Å². The van der Waals surface area contributed by atoms with Gasteiger partial charge in [0, 0.05) is 31.9 Å². The van der Waals surface area contributed by atoms with Crippen LogP contribution in [-0.2, 0) is 6.18 Å². The summed E-state index contributed by atoms with van der Waals surface area (Å²) in [5, 5.41) is 9.90. The van der Waals surface area contributed by atoms with Crippen LogP contribution >= 0.6 is 11.3 Å². The molecule has 2 aromatic rings. The van der Waals surface area contributed by atoms with Gasteiger partial charge in [0.1, 0.15) is 5.01 Å². The number of aryl methyl sites for hydroxylation is 1. The van der Waals surface area contributed by atoms with Crippen molar-refractivity contribution in [1.29, 1.82) is 0 Å². The molecule has 1 aromatic carbocycles. The van der Waals surface area contributed by atoms with E-state index in [0.29, 0.717) is 18.8 Å². The van der Waals surface area contributed by atoms with E-state index in [1.807, 2.05) is 11.8 Å². The summed E-state index contributed by atoms with van der Waals surface area (Å²) >= 11 is 1.53. The zero-order valence-corrected chi connectivity index (χ0v) is 12.8. The van der Waals surface area contributed by atoms with Crippen molar-refractivity contribution in [1.82, 2.24) is 10.2 Å². The summed E-state index contributed by atoms with van der Waals surface area (Å²) in [6, 6.07) is 5.49. The van der Waals surface area contributed by atoms with Gasteiger partial charge in [-0.1, -0.05) is 17.4 Å². The average molecular weight is 328 g/mol. The lowest BCUT2D eigenvalue weighted by atomic mass is 10.1. The van der Waals surface area contributed by atoms with Gasteiger partial charge in [0.15, 0.2) is 0 Å². The van der Waals surface area contributed by atoms with E-state index in [1.165, 1.54) is 23.5 Å². The lowest BCUT2D eigenvalue weighted by Crippen LogP contribution is -2.46. The van der Waals surface area contributed by atoms with Gasteiger partial charge in [-0.2, -0.15) is 13.2 Å². The summed E-state index contributed by atoms with van der Waals surface area (Å²) < 4.78 is 38.3. The third-order valence-electron chi connectivity index (χ3n) is 3.60. The number of nitrogens with zero attached hydrogens (tertiary/aromatic N) is 4. The summed E-state index contributed by atoms with van der Waals surface area (Å²) in [4.78, 5) is 4.09. The molecule has 0 aliphatic carbocycles. The second-order valence-electron chi connectivity index (χ2n) is 5.13. The third-order valence-corrected chi connectivity index (χ3v) is 4.50. The summed E-state index contributed by atoms with van der Waals surface area (Å²) in [6.07, 6.45) is -4.30. The first-order valence-electron chi connectivity index (χ1n) is 6.91. The van der Waals surface area contributed by atoms with E-state index in [0.717, 1.165) is 29.3 Å². The van der Waals surface area contributed by atoms with Crippen molar-refractivity contribution in [3.63, 3.8) is 0 Å². The van der Waals surface area contributed by atoms with Crippen LogP contribution in [0.3, 0.4) is 0 Å². The fourth-order valence-electron chi connectivity index (χ4n) is 2.45. The van der Waals surface area contributed by atoms with E-state index in [-0.39, 0.29) is 0 Å². The number of alkyl halides is 3. The van der Waals surface area contributed by atoms with Crippen LogP contribution in [0.15, 0.2) is 24.3 Å². The van der Waals surface area contributed by atoms with Crippen molar-refractivity contribution >= 4 is 22.2 Å². The van der Waals surface area contributed by atoms with Crippen LogP contribution in [0.2, 0.25) is 0 Å². The molecule has 0 saturated carbocycles. The molecular weight excluding hydrogens is 313 g/mol. The predicted octanol–water partition coefficient (Wildman–Crippen LogP) is 3.19. The molecule has 0 atom stereocenters. The van der Waals surface area contributed by atoms with E-state index in [2.05, 4.69) is 15.1 Å². The van der Waals surface area contributed by atoms with Gasteiger partial charge in [-0.25, -0.2) is 0 Å². The molecule has 0 bridgehead atoms. The van der Waals surface area contributed by atoms with E-state index < -0.39 is 11.7 Å². The molecule has 0 spiro atoms. The van der Waals surface area contributed by atoms with Gasteiger partial charge in [-0.05, 0) is 25.1 Å². The Labute approximate surface area is 130 Å². The number of benzene rings is 1. The Balaban J connectivity index is 1.69. The first kappa shape index (κ1) is 15.1. The second kappa shape index (κ2) is 5.75. The predicted molar refractivity (Wildman–Crippen MR) is 80.5 cm³/mol. The first-order chi connectivity index (χ1) is 10.4. The van der Waals surface area contributed by atoms with Gasteiger partial charge in [-0.3, -0.25) is 0 Å². The molecule has 1 aromatic heterocycles. The maximum absolute atomic E-state index is 12.8. The number of piperazine rings is 1. The van der Waals surface area contributed by atoms with Crippen LogP contribution in [0.25, 0.3) is 0 Å².